The van der Waals surface area contributed by atoms with Crippen LogP contribution in [0.4, 0.5) is 13.2 Å². The third-order valence-corrected chi connectivity index (χ3v) is 5.80. The average Bonchev–Trinajstić information content (AvgIpc) is 3.44. The molecule has 4 aromatic rings. The second-order valence-electron chi connectivity index (χ2n) is 7.71. The molecule has 0 spiro atoms. The molecule has 2 aromatic heterocycles. The van der Waals surface area contributed by atoms with Gasteiger partial charge in [0.05, 0.1) is 6.07 Å². The van der Waals surface area contributed by atoms with E-state index in [-0.39, 0.29) is 11.5 Å². The molecule has 166 valence electrons. The van der Waals surface area contributed by atoms with Crippen molar-refractivity contribution in [2.45, 2.75) is 25.1 Å². The van der Waals surface area contributed by atoms with Gasteiger partial charge in [0.1, 0.15) is 23.0 Å². The molecule has 2 aromatic carbocycles. The van der Waals surface area contributed by atoms with Crippen molar-refractivity contribution < 1.29 is 22.2 Å². The van der Waals surface area contributed by atoms with E-state index in [1.54, 1.807) is 43.4 Å². The molecule has 33 heavy (non-hydrogen) atoms. The number of nitrogens with one attached hydrogen (secondary N) is 1. The topological polar surface area (TPSA) is 87.9 Å². The lowest BCUT2D eigenvalue weighted by Crippen LogP contribution is -2.15. The van der Waals surface area contributed by atoms with Gasteiger partial charge in [-0.1, -0.05) is 58.8 Å². The molecule has 1 atom stereocenters. The Labute approximate surface area is 186 Å². The molecule has 2 heterocycles. The minimum absolute atomic E-state index is 0.0631. The summed E-state index contributed by atoms with van der Waals surface area (Å²) >= 11 is 0. The van der Waals surface area contributed by atoms with Crippen LogP contribution in [0.2, 0.25) is 0 Å². The summed E-state index contributed by atoms with van der Waals surface area (Å²) in [5.41, 5.74) is 2.56. The summed E-state index contributed by atoms with van der Waals surface area (Å²) in [5, 5.41) is 20.0. The maximum absolute atomic E-state index is 14.1. The van der Waals surface area contributed by atoms with Gasteiger partial charge in [-0.15, -0.1) is 0 Å². The van der Waals surface area contributed by atoms with Gasteiger partial charge < -0.3 is 14.4 Å². The summed E-state index contributed by atoms with van der Waals surface area (Å²) in [6.07, 6.45) is -3.73. The lowest BCUT2D eigenvalue weighted by molar-refractivity contribution is -0.136. The van der Waals surface area contributed by atoms with Gasteiger partial charge in [0.15, 0.2) is 0 Å². The van der Waals surface area contributed by atoms with Crippen LogP contribution in [0.1, 0.15) is 28.3 Å². The second-order valence-corrected chi connectivity index (χ2v) is 7.71. The van der Waals surface area contributed by atoms with Crippen LogP contribution in [0.3, 0.4) is 0 Å². The van der Waals surface area contributed by atoms with E-state index in [4.69, 9.17) is 9.05 Å². The van der Waals surface area contributed by atoms with Crippen LogP contribution in [-0.4, -0.2) is 17.4 Å². The highest BCUT2D eigenvalue weighted by Gasteiger charge is 2.43. The minimum atomic E-state index is -4.71. The summed E-state index contributed by atoms with van der Waals surface area (Å²) in [6, 6.07) is 15.3. The Morgan fingerprint density at radius 2 is 1.73 bits per heavy atom. The monoisotopic (exact) mass is 450 g/mol. The van der Waals surface area contributed by atoms with Crippen LogP contribution in [0.5, 0.6) is 0 Å². The molecule has 0 saturated carbocycles. The standard InChI is InChI=1S/C24H17F3N4O2/c1-29-18(12-28)15-8-9-16-14(11-15)7-10-17-21(16)31-32-22(17)23-19(24(25,26)27)20(30-33-23)13-5-3-2-4-6-13/h2-6,8-9,11,18,29H,7,10H2,1H3. The molecule has 1 aliphatic rings. The van der Waals surface area contributed by atoms with Gasteiger partial charge in [0.25, 0.3) is 0 Å². The first-order valence-electron chi connectivity index (χ1n) is 10.2. The van der Waals surface area contributed by atoms with Crippen molar-refractivity contribution in [1.82, 2.24) is 15.6 Å². The predicted octanol–water partition coefficient (Wildman–Crippen LogP) is 5.57. The van der Waals surface area contributed by atoms with Gasteiger partial charge in [-0.05, 0) is 31.0 Å². The second kappa shape index (κ2) is 7.90. The summed E-state index contributed by atoms with van der Waals surface area (Å²) < 4.78 is 52.9. The summed E-state index contributed by atoms with van der Waals surface area (Å²) in [4.78, 5) is 0. The predicted molar refractivity (Wildman–Crippen MR) is 113 cm³/mol. The Morgan fingerprint density at radius 3 is 2.42 bits per heavy atom. The van der Waals surface area contributed by atoms with Crippen molar-refractivity contribution in [3.8, 4) is 40.1 Å². The van der Waals surface area contributed by atoms with Crippen LogP contribution in [0.25, 0.3) is 34.0 Å². The van der Waals surface area contributed by atoms with E-state index < -0.39 is 23.5 Å². The number of nitrogens with zero attached hydrogens (tertiary/aromatic N) is 3. The van der Waals surface area contributed by atoms with Gasteiger partial charge in [-0.2, -0.15) is 18.4 Å². The fraction of sp³-hybridized carbons (Fsp3) is 0.208. The summed E-state index contributed by atoms with van der Waals surface area (Å²) in [6.45, 7) is 0. The first-order valence-corrected chi connectivity index (χ1v) is 10.2. The molecule has 1 N–H and O–H groups in total. The smallest absolute Gasteiger partial charge is 0.352 e. The number of aryl methyl sites for hydroxylation is 1. The maximum Gasteiger partial charge on any atom is 0.422 e. The average molecular weight is 450 g/mol. The van der Waals surface area contributed by atoms with Gasteiger partial charge >= 0.3 is 6.18 Å². The Hall–Kier alpha value is -3.90. The van der Waals surface area contributed by atoms with Crippen molar-refractivity contribution in [3.63, 3.8) is 0 Å². The zero-order chi connectivity index (χ0) is 23.2. The molecular weight excluding hydrogens is 433 g/mol. The molecule has 6 nitrogen and oxygen atoms in total. The van der Waals surface area contributed by atoms with Crippen LogP contribution >= 0.6 is 0 Å². The number of rotatable bonds is 4. The highest BCUT2D eigenvalue weighted by molar-refractivity contribution is 5.79. The third kappa shape index (κ3) is 3.49. The number of halogens is 3. The van der Waals surface area contributed by atoms with E-state index in [2.05, 4.69) is 21.7 Å². The molecule has 1 unspecified atom stereocenters. The van der Waals surface area contributed by atoms with Crippen molar-refractivity contribution in [1.29, 1.82) is 5.26 Å². The zero-order valence-electron chi connectivity index (χ0n) is 17.4. The van der Waals surface area contributed by atoms with Crippen LogP contribution in [-0.2, 0) is 19.0 Å². The lowest BCUT2D eigenvalue weighted by atomic mass is 9.86. The molecular formula is C24H17F3N4O2. The quantitative estimate of drug-likeness (QED) is 0.438. The number of hydrogen-bond acceptors (Lipinski definition) is 6. The van der Waals surface area contributed by atoms with Gasteiger partial charge in [0.2, 0.25) is 11.5 Å². The first-order chi connectivity index (χ1) is 15.9. The number of nitriles is 1. The number of fused-ring (bicyclic) bond motifs is 3. The van der Waals surface area contributed by atoms with Gasteiger partial charge in [-0.25, -0.2) is 0 Å². The van der Waals surface area contributed by atoms with Crippen molar-refractivity contribution in [3.05, 3.63) is 70.8 Å². The number of alkyl halides is 3. The summed E-state index contributed by atoms with van der Waals surface area (Å²) in [7, 11) is 1.70. The molecule has 1 aliphatic carbocycles. The largest absolute Gasteiger partial charge is 0.422 e. The molecule has 0 amide bonds. The van der Waals surface area contributed by atoms with Gasteiger partial charge in [0, 0.05) is 16.7 Å². The van der Waals surface area contributed by atoms with E-state index in [1.165, 1.54) is 0 Å². The lowest BCUT2D eigenvalue weighted by Gasteiger charge is -2.17. The Morgan fingerprint density at radius 1 is 1.00 bits per heavy atom. The zero-order valence-corrected chi connectivity index (χ0v) is 17.4. The number of aromatic nitrogens is 2. The van der Waals surface area contributed by atoms with E-state index in [9.17, 15) is 18.4 Å². The SMILES string of the molecule is CNC(C#N)c1ccc2c(c1)CCc1c-2noc1-c1onc(-c2ccccc2)c1C(F)(F)F. The highest BCUT2D eigenvalue weighted by Crippen LogP contribution is 2.46. The summed E-state index contributed by atoms with van der Waals surface area (Å²) in [5.74, 6) is -0.540. The Balaban J connectivity index is 1.62. The van der Waals surface area contributed by atoms with Gasteiger partial charge in [-0.3, -0.25) is 0 Å². The Kier molecular flexibility index (Phi) is 5.02. The fourth-order valence-corrected chi connectivity index (χ4v) is 4.23. The number of hydrogen-bond donors (Lipinski definition) is 1. The molecule has 0 saturated heterocycles. The van der Waals surface area contributed by atoms with Crippen molar-refractivity contribution in [2.24, 2.45) is 0 Å². The third-order valence-electron chi connectivity index (χ3n) is 5.80. The van der Waals surface area contributed by atoms with Crippen molar-refractivity contribution >= 4 is 0 Å². The molecule has 9 heteroatoms. The highest BCUT2D eigenvalue weighted by atomic mass is 19.4. The van der Waals surface area contributed by atoms with E-state index in [0.29, 0.717) is 29.7 Å². The van der Waals surface area contributed by atoms with E-state index >= 15 is 0 Å². The Bertz CT molecular complexity index is 1370. The van der Waals surface area contributed by atoms with Crippen molar-refractivity contribution in [2.75, 3.05) is 7.05 Å². The van der Waals surface area contributed by atoms with Crippen LogP contribution in [0.15, 0.2) is 57.6 Å². The van der Waals surface area contributed by atoms with E-state index in [0.717, 1.165) is 16.7 Å². The van der Waals surface area contributed by atoms with E-state index in [1.807, 2.05) is 12.1 Å². The molecule has 0 bridgehead atoms. The fourth-order valence-electron chi connectivity index (χ4n) is 4.23. The maximum atomic E-state index is 14.1. The van der Waals surface area contributed by atoms with Crippen LogP contribution in [0, 0.1) is 11.3 Å². The number of benzene rings is 2. The molecule has 0 radical (unpaired) electrons. The molecule has 0 aliphatic heterocycles. The first kappa shape index (κ1) is 21.0. The van der Waals surface area contributed by atoms with Crippen LogP contribution < -0.4 is 5.32 Å². The minimum Gasteiger partial charge on any atom is -0.352 e. The molecule has 5 rings (SSSR count). The molecule has 0 fully saturated rings. The normalized spacial score (nSPS) is 13.8.